The highest BCUT2D eigenvalue weighted by molar-refractivity contribution is 6.08. The Morgan fingerprint density at radius 3 is 2.39 bits per heavy atom. The summed E-state index contributed by atoms with van der Waals surface area (Å²) >= 11 is 0. The van der Waals surface area contributed by atoms with Crippen LogP contribution in [0.2, 0.25) is 0 Å². The van der Waals surface area contributed by atoms with Crippen molar-refractivity contribution >= 4 is 23.5 Å². The van der Waals surface area contributed by atoms with Crippen molar-refractivity contribution in [1.82, 2.24) is 25.1 Å². The molecule has 0 bridgehead atoms. The van der Waals surface area contributed by atoms with Gasteiger partial charge in [0, 0.05) is 49.1 Å². The summed E-state index contributed by atoms with van der Waals surface area (Å²) in [6.45, 7) is 1.30. The first-order valence-electron chi connectivity index (χ1n) is 17.3. The largest absolute Gasteiger partial charge is 0.417 e. The van der Waals surface area contributed by atoms with Crippen LogP contribution in [0.4, 0.5) is 36.4 Å². The van der Waals surface area contributed by atoms with E-state index >= 15 is 0 Å². The fourth-order valence-electron chi connectivity index (χ4n) is 7.32. The van der Waals surface area contributed by atoms with E-state index in [4.69, 9.17) is 5.41 Å². The predicted molar refractivity (Wildman–Crippen MR) is 183 cm³/mol. The Hall–Kier alpha value is -5.54. The minimum atomic E-state index is -4.92. The number of anilines is 1. The van der Waals surface area contributed by atoms with E-state index in [1.54, 1.807) is 6.20 Å². The van der Waals surface area contributed by atoms with E-state index in [9.17, 15) is 40.3 Å². The molecule has 2 saturated heterocycles. The predicted octanol–water partition coefficient (Wildman–Crippen LogP) is 7.55. The average Bonchev–Trinajstić information content (AvgIpc) is 3.87. The van der Waals surface area contributed by atoms with E-state index in [0.717, 1.165) is 72.4 Å². The molecule has 9 nitrogen and oxygen atoms in total. The number of hydrogen-bond acceptors (Lipinski definition) is 6. The molecule has 16 heteroatoms. The minimum absolute atomic E-state index is 0.0406. The van der Waals surface area contributed by atoms with E-state index < -0.39 is 78.4 Å². The highest BCUT2D eigenvalue weighted by atomic mass is 19.4. The monoisotopic (exact) mass is 753 g/mol. The molecule has 0 radical (unpaired) electrons. The first-order valence-corrected chi connectivity index (χ1v) is 17.3. The SMILES string of the molecule is N=C1N[C@](CCCC(F)(F)F)(c2ccc(F)cc2)C(=O)N1Cc1ccc(C(F)(F)F)c(C(=O)N2Cc3cnc(-c4cccc(N5CCCC5)c4)nc3C2)c1. The van der Waals surface area contributed by atoms with Crippen molar-refractivity contribution in [1.29, 1.82) is 5.41 Å². The van der Waals surface area contributed by atoms with Crippen molar-refractivity contribution in [2.75, 3.05) is 18.0 Å². The number of rotatable bonds is 9. The zero-order chi connectivity index (χ0) is 38.4. The lowest BCUT2D eigenvalue weighted by atomic mass is 9.84. The van der Waals surface area contributed by atoms with E-state index in [-0.39, 0.29) is 24.2 Å². The maximum Gasteiger partial charge on any atom is 0.417 e. The second-order valence-corrected chi connectivity index (χ2v) is 13.7. The Labute approximate surface area is 305 Å². The van der Waals surface area contributed by atoms with Crippen LogP contribution in [0.5, 0.6) is 0 Å². The molecule has 3 aliphatic rings. The lowest BCUT2D eigenvalue weighted by Crippen LogP contribution is -2.44. The molecule has 3 aromatic carbocycles. The summed E-state index contributed by atoms with van der Waals surface area (Å²) in [7, 11) is 0. The van der Waals surface area contributed by atoms with E-state index in [0.29, 0.717) is 17.1 Å². The van der Waals surface area contributed by atoms with Gasteiger partial charge in [0.1, 0.15) is 11.4 Å². The summed E-state index contributed by atoms with van der Waals surface area (Å²) in [4.78, 5) is 41.4. The maximum absolute atomic E-state index is 14.3. The quantitative estimate of drug-likeness (QED) is 0.171. The first kappa shape index (κ1) is 36.8. The van der Waals surface area contributed by atoms with Crippen LogP contribution in [-0.4, -0.2) is 56.8 Å². The molecule has 0 aliphatic carbocycles. The van der Waals surface area contributed by atoms with Crippen LogP contribution in [-0.2, 0) is 36.1 Å². The summed E-state index contributed by atoms with van der Waals surface area (Å²) < 4.78 is 96.0. The molecule has 2 fully saturated rings. The number of fused-ring (bicyclic) bond motifs is 1. The van der Waals surface area contributed by atoms with E-state index in [1.807, 2.05) is 24.3 Å². The molecular weight excluding hydrogens is 719 g/mol. The van der Waals surface area contributed by atoms with Gasteiger partial charge in [-0.3, -0.25) is 19.9 Å². The number of carbonyl (C=O) groups is 2. The van der Waals surface area contributed by atoms with Gasteiger partial charge in [0.15, 0.2) is 11.8 Å². The van der Waals surface area contributed by atoms with Gasteiger partial charge >= 0.3 is 12.4 Å². The van der Waals surface area contributed by atoms with Gasteiger partial charge in [0.2, 0.25) is 0 Å². The number of nitrogens with zero attached hydrogens (tertiary/aromatic N) is 5. The van der Waals surface area contributed by atoms with Crippen molar-refractivity contribution in [3.05, 3.63) is 112 Å². The summed E-state index contributed by atoms with van der Waals surface area (Å²) in [5.41, 5.74) is -0.691. The molecule has 0 unspecified atom stereocenters. The molecule has 0 spiro atoms. The lowest BCUT2D eigenvalue weighted by Gasteiger charge is -2.28. The van der Waals surface area contributed by atoms with Gasteiger partial charge in [0.25, 0.3) is 11.8 Å². The van der Waals surface area contributed by atoms with Crippen LogP contribution in [0.1, 0.15) is 70.4 Å². The summed E-state index contributed by atoms with van der Waals surface area (Å²) in [6, 6.07) is 15.1. The zero-order valence-electron chi connectivity index (χ0n) is 28.7. The fraction of sp³-hybridized carbons (Fsp3) is 0.342. The number of amides is 2. The number of benzene rings is 3. The summed E-state index contributed by atoms with van der Waals surface area (Å²) in [5, 5.41) is 11.2. The topological polar surface area (TPSA) is 106 Å². The standard InChI is InChI=1S/C38H34F7N7O2/c39-27-10-8-26(9-11-27)36(13-4-14-37(40,41)42)34(54)52(35(46)49-36)20-23-7-12-30(38(43,44)45)29(17-23)33(53)51-21-25-19-47-32(48-31(25)22-51)24-5-3-6-28(18-24)50-15-1-2-16-50/h3,5-12,17-19H,1-2,4,13-16,20-22H2,(H2,46,49)/t36-/m1/s1. The number of carbonyl (C=O) groups excluding carboxylic acids is 2. The van der Waals surface area contributed by atoms with Crippen LogP contribution >= 0.6 is 0 Å². The molecule has 54 heavy (non-hydrogen) atoms. The molecule has 282 valence electrons. The minimum Gasteiger partial charge on any atom is -0.372 e. The maximum atomic E-state index is 14.3. The van der Waals surface area contributed by atoms with Crippen LogP contribution in [0.3, 0.4) is 0 Å². The first-order chi connectivity index (χ1) is 25.6. The number of halogens is 7. The Balaban J connectivity index is 1.13. The van der Waals surface area contributed by atoms with Crippen molar-refractivity contribution < 1.29 is 40.3 Å². The van der Waals surface area contributed by atoms with Crippen molar-refractivity contribution in [2.45, 2.75) is 69.6 Å². The van der Waals surface area contributed by atoms with Crippen molar-refractivity contribution in [3.8, 4) is 11.4 Å². The van der Waals surface area contributed by atoms with Gasteiger partial charge in [-0.25, -0.2) is 14.4 Å². The van der Waals surface area contributed by atoms with Crippen LogP contribution in [0.25, 0.3) is 11.4 Å². The van der Waals surface area contributed by atoms with Gasteiger partial charge in [-0.05, 0) is 73.2 Å². The molecule has 0 saturated carbocycles. The Bertz CT molecular complexity index is 2100. The second kappa shape index (κ2) is 14.0. The fourth-order valence-corrected chi connectivity index (χ4v) is 7.32. The highest BCUT2D eigenvalue weighted by Gasteiger charge is 2.51. The van der Waals surface area contributed by atoms with Gasteiger partial charge in [-0.1, -0.05) is 30.3 Å². The third-order valence-corrected chi connectivity index (χ3v) is 10.0. The van der Waals surface area contributed by atoms with E-state index in [2.05, 4.69) is 20.2 Å². The van der Waals surface area contributed by atoms with Crippen molar-refractivity contribution in [2.24, 2.45) is 0 Å². The Morgan fingerprint density at radius 2 is 1.69 bits per heavy atom. The molecule has 2 N–H and O–H groups in total. The van der Waals surface area contributed by atoms with Crippen molar-refractivity contribution in [3.63, 3.8) is 0 Å². The third kappa shape index (κ3) is 7.33. The molecule has 2 amide bonds. The smallest absolute Gasteiger partial charge is 0.372 e. The normalized spacial score (nSPS) is 18.8. The zero-order valence-corrected chi connectivity index (χ0v) is 28.7. The molecule has 1 aromatic heterocycles. The van der Waals surface area contributed by atoms with E-state index in [1.165, 1.54) is 17.0 Å². The number of alkyl halides is 6. The summed E-state index contributed by atoms with van der Waals surface area (Å²) in [6.07, 6.45) is -7.80. The Morgan fingerprint density at radius 1 is 0.944 bits per heavy atom. The van der Waals surface area contributed by atoms with Crippen LogP contribution < -0.4 is 10.2 Å². The second-order valence-electron chi connectivity index (χ2n) is 13.7. The molecular formula is C38H34F7N7O2. The number of hydrogen-bond donors (Lipinski definition) is 2. The number of guanidine groups is 1. The van der Waals surface area contributed by atoms with Gasteiger partial charge in [0.05, 0.1) is 29.9 Å². The third-order valence-electron chi connectivity index (χ3n) is 10.0. The molecule has 3 aliphatic heterocycles. The molecule has 4 heterocycles. The lowest BCUT2D eigenvalue weighted by molar-refractivity contribution is -0.140. The number of aromatic nitrogens is 2. The number of nitrogens with one attached hydrogen (secondary N) is 2. The average molecular weight is 754 g/mol. The van der Waals surface area contributed by atoms with Crippen LogP contribution in [0, 0.1) is 11.2 Å². The van der Waals surface area contributed by atoms with Gasteiger partial charge in [-0.15, -0.1) is 0 Å². The van der Waals surface area contributed by atoms with Gasteiger partial charge in [-0.2, -0.15) is 26.3 Å². The Kier molecular flexibility index (Phi) is 9.56. The molecule has 4 aromatic rings. The van der Waals surface area contributed by atoms with Gasteiger partial charge < -0.3 is 15.1 Å². The highest BCUT2D eigenvalue weighted by Crippen LogP contribution is 2.38. The van der Waals surface area contributed by atoms with Crippen LogP contribution in [0.15, 0.2) is 72.9 Å². The molecule has 7 rings (SSSR count). The molecule has 1 atom stereocenters. The summed E-state index contributed by atoms with van der Waals surface area (Å²) in [5.74, 6) is -2.53.